The van der Waals surface area contributed by atoms with Gasteiger partial charge in [0.15, 0.2) is 0 Å². The van der Waals surface area contributed by atoms with Gasteiger partial charge in [-0.2, -0.15) is 11.8 Å². The first kappa shape index (κ1) is 17.1. The predicted molar refractivity (Wildman–Crippen MR) is 89.4 cm³/mol. The van der Waals surface area contributed by atoms with Crippen LogP contribution in [0.5, 0.6) is 0 Å². The first-order chi connectivity index (χ1) is 10.1. The highest BCUT2D eigenvalue weighted by Crippen LogP contribution is 2.39. The molecule has 21 heavy (non-hydrogen) atoms. The van der Waals surface area contributed by atoms with Gasteiger partial charge in [-0.05, 0) is 56.6 Å². The average molecular weight is 314 g/mol. The zero-order valence-electron chi connectivity index (χ0n) is 13.6. The van der Waals surface area contributed by atoms with Gasteiger partial charge in [0.25, 0.3) is 0 Å². The summed E-state index contributed by atoms with van der Waals surface area (Å²) in [6.07, 6.45) is 9.50. The minimum atomic E-state index is -0.712. The van der Waals surface area contributed by atoms with Gasteiger partial charge < -0.3 is 10.5 Å². The third-order valence-electron chi connectivity index (χ3n) is 5.24. The molecule has 0 aromatic carbocycles. The molecule has 0 bridgehead atoms. The van der Waals surface area contributed by atoms with E-state index in [1.54, 1.807) is 0 Å². The molecule has 2 aliphatic carbocycles. The van der Waals surface area contributed by atoms with Crippen molar-refractivity contribution in [1.82, 2.24) is 0 Å². The van der Waals surface area contributed by atoms with Gasteiger partial charge >= 0.3 is 5.97 Å². The van der Waals surface area contributed by atoms with Crippen molar-refractivity contribution in [2.24, 2.45) is 17.6 Å². The molecule has 2 aliphatic rings. The maximum absolute atomic E-state index is 12.1. The van der Waals surface area contributed by atoms with Crippen molar-refractivity contribution in [2.45, 2.75) is 76.0 Å². The first-order valence-electron chi connectivity index (χ1n) is 8.64. The third kappa shape index (κ3) is 4.38. The molecule has 2 N–H and O–H groups in total. The van der Waals surface area contributed by atoms with Gasteiger partial charge in [-0.3, -0.25) is 4.79 Å². The third-order valence-corrected chi connectivity index (χ3v) is 6.61. The molecule has 2 rings (SSSR count). The van der Waals surface area contributed by atoms with Gasteiger partial charge in [-0.1, -0.05) is 26.2 Å². The van der Waals surface area contributed by atoms with Crippen LogP contribution in [-0.2, 0) is 9.53 Å². The van der Waals surface area contributed by atoms with Crippen molar-refractivity contribution in [1.29, 1.82) is 0 Å². The molecule has 122 valence electrons. The maximum Gasteiger partial charge on any atom is 0.326 e. The fourth-order valence-corrected chi connectivity index (χ4v) is 5.50. The molecule has 0 heterocycles. The Morgan fingerprint density at radius 3 is 2.86 bits per heavy atom. The van der Waals surface area contributed by atoms with E-state index in [0.29, 0.717) is 12.5 Å². The highest BCUT2D eigenvalue weighted by atomic mass is 32.2. The highest BCUT2D eigenvalue weighted by Gasteiger charge is 2.46. The quantitative estimate of drug-likeness (QED) is 0.759. The lowest BCUT2D eigenvalue weighted by Gasteiger charge is -2.30. The summed E-state index contributed by atoms with van der Waals surface area (Å²) < 4.78 is 5.20. The van der Waals surface area contributed by atoms with Crippen LogP contribution in [0, 0.1) is 11.8 Å². The van der Waals surface area contributed by atoms with E-state index < -0.39 is 5.54 Å². The van der Waals surface area contributed by atoms with Crippen molar-refractivity contribution in [2.75, 3.05) is 12.4 Å². The van der Waals surface area contributed by atoms with Crippen LogP contribution in [-0.4, -0.2) is 29.1 Å². The van der Waals surface area contributed by atoms with Gasteiger partial charge in [0.1, 0.15) is 5.54 Å². The SMILES string of the molecule is CCOC(=O)C1(N)CCCC1CCSC1CCCC(C)C1. The fourth-order valence-electron chi connectivity index (χ4n) is 3.95. The average Bonchev–Trinajstić information content (AvgIpc) is 2.82. The van der Waals surface area contributed by atoms with Crippen molar-refractivity contribution in [3.05, 3.63) is 0 Å². The van der Waals surface area contributed by atoms with Crippen LogP contribution in [0.15, 0.2) is 0 Å². The first-order valence-corrected chi connectivity index (χ1v) is 9.68. The Labute approximate surface area is 133 Å². The summed E-state index contributed by atoms with van der Waals surface area (Å²) in [7, 11) is 0. The van der Waals surface area contributed by atoms with Crippen LogP contribution in [0.3, 0.4) is 0 Å². The molecular formula is C17H31NO2S. The van der Waals surface area contributed by atoms with Crippen LogP contribution in [0.1, 0.15) is 65.2 Å². The van der Waals surface area contributed by atoms with Crippen molar-refractivity contribution in [3.8, 4) is 0 Å². The number of hydrogen-bond donors (Lipinski definition) is 1. The smallest absolute Gasteiger partial charge is 0.326 e. The van der Waals surface area contributed by atoms with Crippen molar-refractivity contribution < 1.29 is 9.53 Å². The topological polar surface area (TPSA) is 52.3 Å². The molecule has 4 atom stereocenters. The summed E-state index contributed by atoms with van der Waals surface area (Å²) in [4.78, 5) is 12.1. The lowest BCUT2D eigenvalue weighted by molar-refractivity contribution is -0.151. The molecule has 3 nitrogen and oxygen atoms in total. The van der Waals surface area contributed by atoms with Crippen LogP contribution in [0.2, 0.25) is 0 Å². The second-order valence-corrected chi connectivity index (χ2v) is 8.31. The Kier molecular flexibility index (Phi) is 6.42. The predicted octanol–water partition coefficient (Wildman–Crippen LogP) is 3.75. The van der Waals surface area contributed by atoms with E-state index in [1.807, 2.05) is 6.92 Å². The van der Waals surface area contributed by atoms with Crippen molar-refractivity contribution >= 4 is 17.7 Å². The lowest BCUT2D eigenvalue weighted by atomic mass is 9.86. The lowest BCUT2D eigenvalue weighted by Crippen LogP contribution is -2.52. The second kappa shape index (κ2) is 7.87. The monoisotopic (exact) mass is 313 g/mol. The van der Waals surface area contributed by atoms with E-state index in [1.165, 1.54) is 25.7 Å². The van der Waals surface area contributed by atoms with E-state index in [9.17, 15) is 4.79 Å². The number of hydrogen-bond acceptors (Lipinski definition) is 4. The van der Waals surface area contributed by atoms with E-state index in [2.05, 4.69) is 18.7 Å². The summed E-state index contributed by atoms with van der Waals surface area (Å²) in [6.45, 7) is 4.65. The maximum atomic E-state index is 12.1. The van der Waals surface area contributed by atoms with Crippen LogP contribution < -0.4 is 5.73 Å². The highest BCUT2D eigenvalue weighted by molar-refractivity contribution is 7.99. The molecule has 4 heteroatoms. The molecule has 4 unspecified atom stereocenters. The zero-order valence-corrected chi connectivity index (χ0v) is 14.4. The molecule has 0 radical (unpaired) electrons. The summed E-state index contributed by atoms with van der Waals surface area (Å²) in [5, 5.41) is 0.824. The summed E-state index contributed by atoms with van der Waals surface area (Å²) in [5.74, 6) is 2.16. The van der Waals surface area contributed by atoms with Gasteiger partial charge in [0.05, 0.1) is 6.61 Å². The number of esters is 1. The molecule has 0 saturated heterocycles. The number of carbonyl (C=O) groups excluding carboxylic acids is 1. The van der Waals surface area contributed by atoms with E-state index in [0.717, 1.165) is 42.6 Å². The molecule has 2 saturated carbocycles. The number of nitrogens with two attached hydrogens (primary N) is 1. The molecule has 0 amide bonds. The normalized spacial score (nSPS) is 36.6. The Morgan fingerprint density at radius 2 is 2.14 bits per heavy atom. The molecule has 0 aliphatic heterocycles. The van der Waals surface area contributed by atoms with Crippen LogP contribution in [0.25, 0.3) is 0 Å². The number of carbonyl (C=O) groups is 1. The molecule has 0 aromatic heterocycles. The number of thioether (sulfide) groups is 1. The van der Waals surface area contributed by atoms with Gasteiger partial charge in [-0.15, -0.1) is 0 Å². The molecule has 2 fully saturated rings. The zero-order chi connectivity index (χ0) is 15.3. The molecule has 0 aromatic rings. The van der Waals surface area contributed by atoms with Crippen LogP contribution in [0.4, 0.5) is 0 Å². The standard InChI is InChI=1S/C17H31NO2S/c1-3-20-16(19)17(18)10-5-7-14(17)9-11-21-15-8-4-6-13(2)12-15/h13-15H,3-12,18H2,1-2H3. The molecular weight excluding hydrogens is 282 g/mol. The van der Waals surface area contributed by atoms with E-state index in [-0.39, 0.29) is 5.97 Å². The van der Waals surface area contributed by atoms with Crippen molar-refractivity contribution in [3.63, 3.8) is 0 Å². The van der Waals surface area contributed by atoms with Crippen LogP contribution >= 0.6 is 11.8 Å². The minimum absolute atomic E-state index is 0.177. The van der Waals surface area contributed by atoms with Gasteiger partial charge in [0.2, 0.25) is 0 Å². The second-order valence-electron chi connectivity index (χ2n) is 6.90. The summed E-state index contributed by atoms with van der Waals surface area (Å²) in [6, 6.07) is 0. The van der Waals surface area contributed by atoms with Gasteiger partial charge in [0, 0.05) is 5.25 Å². The summed E-state index contributed by atoms with van der Waals surface area (Å²) in [5.41, 5.74) is 5.68. The van der Waals surface area contributed by atoms with E-state index in [4.69, 9.17) is 10.5 Å². The Bertz CT molecular complexity index is 350. The Balaban J connectivity index is 1.77. The Hall–Kier alpha value is -0.220. The number of ether oxygens (including phenoxy) is 1. The summed E-state index contributed by atoms with van der Waals surface area (Å²) >= 11 is 2.11. The van der Waals surface area contributed by atoms with Gasteiger partial charge in [-0.25, -0.2) is 0 Å². The Morgan fingerprint density at radius 1 is 1.33 bits per heavy atom. The van der Waals surface area contributed by atoms with E-state index >= 15 is 0 Å². The number of rotatable bonds is 6. The molecule has 0 spiro atoms. The minimum Gasteiger partial charge on any atom is -0.465 e. The fraction of sp³-hybridized carbons (Fsp3) is 0.941. The largest absolute Gasteiger partial charge is 0.465 e.